The van der Waals surface area contributed by atoms with Crippen LogP contribution in [0.15, 0.2) is 24.3 Å². The molecule has 1 amide bonds. The number of nitro benzene ring substituents is 1. The minimum Gasteiger partial charge on any atom is -0.352 e. The predicted octanol–water partition coefficient (Wildman–Crippen LogP) is 4.31. The van der Waals surface area contributed by atoms with Gasteiger partial charge in [0.2, 0.25) is 5.91 Å². The SMILES string of the molecule is CCCCCCCCCC(=O)CC(=O)NCc1cccc([N+](=O)[O-])c1. The molecule has 25 heavy (non-hydrogen) atoms. The number of benzene rings is 1. The highest BCUT2D eigenvalue weighted by molar-refractivity contribution is 5.97. The molecule has 0 fully saturated rings. The van der Waals surface area contributed by atoms with Crippen molar-refractivity contribution in [1.82, 2.24) is 5.32 Å². The molecule has 0 radical (unpaired) electrons. The van der Waals surface area contributed by atoms with Crippen molar-refractivity contribution in [2.75, 3.05) is 0 Å². The summed E-state index contributed by atoms with van der Waals surface area (Å²) in [7, 11) is 0. The molecule has 1 aromatic carbocycles. The summed E-state index contributed by atoms with van der Waals surface area (Å²) < 4.78 is 0. The molecular formula is C19H28N2O4. The van der Waals surface area contributed by atoms with Crippen LogP contribution in [-0.2, 0) is 16.1 Å². The van der Waals surface area contributed by atoms with Gasteiger partial charge in [-0.25, -0.2) is 0 Å². The van der Waals surface area contributed by atoms with Gasteiger partial charge in [-0.05, 0) is 12.0 Å². The Morgan fingerprint density at radius 2 is 1.76 bits per heavy atom. The monoisotopic (exact) mass is 348 g/mol. The van der Waals surface area contributed by atoms with Crippen molar-refractivity contribution in [1.29, 1.82) is 0 Å². The topological polar surface area (TPSA) is 89.3 Å². The maximum absolute atomic E-state index is 11.8. The second-order valence-corrected chi connectivity index (χ2v) is 6.29. The molecule has 0 saturated carbocycles. The summed E-state index contributed by atoms with van der Waals surface area (Å²) in [5, 5.41) is 13.3. The van der Waals surface area contributed by atoms with Gasteiger partial charge in [0.1, 0.15) is 5.78 Å². The van der Waals surface area contributed by atoms with E-state index in [-0.39, 0.29) is 30.3 Å². The molecule has 0 spiro atoms. The summed E-state index contributed by atoms with van der Waals surface area (Å²) >= 11 is 0. The van der Waals surface area contributed by atoms with Crippen LogP contribution in [0.25, 0.3) is 0 Å². The lowest BCUT2D eigenvalue weighted by molar-refractivity contribution is -0.384. The highest BCUT2D eigenvalue weighted by Crippen LogP contribution is 2.13. The van der Waals surface area contributed by atoms with Crippen LogP contribution in [0.1, 0.15) is 70.3 Å². The summed E-state index contributed by atoms with van der Waals surface area (Å²) in [4.78, 5) is 33.8. The molecular weight excluding hydrogens is 320 g/mol. The summed E-state index contributed by atoms with van der Waals surface area (Å²) in [5.41, 5.74) is 0.629. The largest absolute Gasteiger partial charge is 0.352 e. The first-order valence-electron chi connectivity index (χ1n) is 9.04. The maximum atomic E-state index is 11.8. The zero-order valence-electron chi connectivity index (χ0n) is 15.0. The number of hydrogen-bond donors (Lipinski definition) is 1. The third-order valence-electron chi connectivity index (χ3n) is 4.03. The minimum absolute atomic E-state index is 0.0123. The Labute approximate surface area is 149 Å². The first kappa shape index (κ1) is 20.8. The summed E-state index contributed by atoms with van der Waals surface area (Å²) in [6, 6.07) is 6.09. The van der Waals surface area contributed by atoms with Crippen LogP contribution >= 0.6 is 0 Å². The zero-order chi connectivity index (χ0) is 18.5. The summed E-state index contributed by atoms with van der Waals surface area (Å²) in [6.45, 7) is 2.37. The van der Waals surface area contributed by atoms with Gasteiger partial charge in [0, 0.05) is 25.1 Å². The van der Waals surface area contributed by atoms with E-state index in [9.17, 15) is 19.7 Å². The second kappa shape index (κ2) is 12.2. The molecule has 0 aliphatic rings. The number of rotatable bonds is 13. The molecule has 0 unspecified atom stereocenters. The number of nitrogens with zero attached hydrogens (tertiary/aromatic N) is 1. The van der Waals surface area contributed by atoms with Crippen molar-refractivity contribution >= 4 is 17.4 Å². The van der Waals surface area contributed by atoms with E-state index >= 15 is 0 Å². The first-order valence-corrected chi connectivity index (χ1v) is 9.04. The predicted molar refractivity (Wildman–Crippen MR) is 97.2 cm³/mol. The first-order chi connectivity index (χ1) is 12.0. The summed E-state index contributed by atoms with van der Waals surface area (Å²) in [5.74, 6) is -0.385. The molecule has 1 rings (SSSR count). The average Bonchev–Trinajstić information content (AvgIpc) is 2.59. The van der Waals surface area contributed by atoms with E-state index in [0.717, 1.165) is 19.3 Å². The van der Waals surface area contributed by atoms with Crippen LogP contribution in [-0.4, -0.2) is 16.6 Å². The molecule has 138 valence electrons. The number of carbonyl (C=O) groups excluding carboxylic acids is 2. The standard InChI is InChI=1S/C19H28N2O4/c1-2-3-4-5-6-7-8-12-18(22)14-19(23)20-15-16-10-9-11-17(13-16)21(24)25/h9-11,13H,2-8,12,14-15H2,1H3,(H,20,23). The number of amides is 1. The van der Waals surface area contributed by atoms with Gasteiger partial charge < -0.3 is 5.32 Å². The average molecular weight is 348 g/mol. The lowest BCUT2D eigenvalue weighted by Crippen LogP contribution is -2.25. The molecule has 1 N–H and O–H groups in total. The van der Waals surface area contributed by atoms with Crippen LogP contribution in [0.2, 0.25) is 0 Å². The van der Waals surface area contributed by atoms with Gasteiger partial charge in [0.15, 0.2) is 0 Å². The van der Waals surface area contributed by atoms with E-state index in [0.29, 0.717) is 12.0 Å². The van der Waals surface area contributed by atoms with Crippen molar-refractivity contribution in [3.8, 4) is 0 Å². The van der Waals surface area contributed by atoms with Gasteiger partial charge in [0.25, 0.3) is 5.69 Å². The van der Waals surface area contributed by atoms with Gasteiger partial charge in [-0.15, -0.1) is 0 Å². The lowest BCUT2D eigenvalue weighted by Gasteiger charge is -2.05. The van der Waals surface area contributed by atoms with E-state index in [4.69, 9.17) is 0 Å². The van der Waals surface area contributed by atoms with Crippen molar-refractivity contribution in [3.63, 3.8) is 0 Å². The van der Waals surface area contributed by atoms with Gasteiger partial charge in [-0.3, -0.25) is 19.7 Å². The number of hydrogen-bond acceptors (Lipinski definition) is 4. The van der Waals surface area contributed by atoms with Gasteiger partial charge in [0.05, 0.1) is 11.3 Å². The highest BCUT2D eigenvalue weighted by atomic mass is 16.6. The minimum atomic E-state index is -0.475. The molecule has 0 saturated heterocycles. The van der Waals surface area contributed by atoms with Crippen LogP contribution in [0, 0.1) is 10.1 Å². The molecule has 6 nitrogen and oxygen atoms in total. The fraction of sp³-hybridized carbons (Fsp3) is 0.579. The molecule has 6 heteroatoms. The smallest absolute Gasteiger partial charge is 0.269 e. The number of unbranched alkanes of at least 4 members (excludes halogenated alkanes) is 6. The Kier molecular flexibility index (Phi) is 10.1. The molecule has 0 heterocycles. The number of carbonyl (C=O) groups is 2. The molecule has 0 aliphatic carbocycles. The molecule has 0 atom stereocenters. The highest BCUT2D eigenvalue weighted by Gasteiger charge is 2.10. The maximum Gasteiger partial charge on any atom is 0.269 e. The Morgan fingerprint density at radius 3 is 2.44 bits per heavy atom. The Morgan fingerprint density at radius 1 is 1.08 bits per heavy atom. The third-order valence-corrected chi connectivity index (χ3v) is 4.03. The van der Waals surface area contributed by atoms with E-state index < -0.39 is 4.92 Å². The normalized spacial score (nSPS) is 10.4. The number of ketones is 1. The number of Topliss-reactive ketones (excluding diaryl/α,β-unsaturated/α-hetero) is 1. The van der Waals surface area contributed by atoms with Gasteiger partial charge in [-0.2, -0.15) is 0 Å². The van der Waals surface area contributed by atoms with Crippen LogP contribution in [0.4, 0.5) is 5.69 Å². The quantitative estimate of drug-likeness (QED) is 0.249. The lowest BCUT2D eigenvalue weighted by atomic mass is 10.1. The Balaban J connectivity index is 2.18. The van der Waals surface area contributed by atoms with Gasteiger partial charge in [-0.1, -0.05) is 57.6 Å². The molecule has 0 aliphatic heterocycles. The van der Waals surface area contributed by atoms with Crippen LogP contribution in [0.5, 0.6) is 0 Å². The van der Waals surface area contributed by atoms with E-state index in [1.807, 2.05) is 0 Å². The molecule has 0 bridgehead atoms. The van der Waals surface area contributed by atoms with Crippen molar-refractivity contribution in [2.24, 2.45) is 0 Å². The second-order valence-electron chi connectivity index (χ2n) is 6.29. The number of nitrogens with one attached hydrogen (secondary N) is 1. The molecule has 1 aromatic rings. The molecule has 0 aromatic heterocycles. The zero-order valence-corrected chi connectivity index (χ0v) is 15.0. The fourth-order valence-corrected chi connectivity index (χ4v) is 2.59. The Bertz CT molecular complexity index is 572. The Hall–Kier alpha value is -2.24. The van der Waals surface area contributed by atoms with Crippen LogP contribution < -0.4 is 5.32 Å². The van der Waals surface area contributed by atoms with Crippen molar-refractivity contribution < 1.29 is 14.5 Å². The van der Waals surface area contributed by atoms with Crippen molar-refractivity contribution in [2.45, 2.75) is 71.3 Å². The fourth-order valence-electron chi connectivity index (χ4n) is 2.59. The van der Waals surface area contributed by atoms with E-state index in [2.05, 4.69) is 12.2 Å². The van der Waals surface area contributed by atoms with Crippen LogP contribution in [0.3, 0.4) is 0 Å². The van der Waals surface area contributed by atoms with E-state index in [1.165, 1.54) is 37.8 Å². The third kappa shape index (κ3) is 9.59. The van der Waals surface area contributed by atoms with Crippen molar-refractivity contribution in [3.05, 3.63) is 39.9 Å². The number of non-ortho nitro benzene ring substituents is 1. The summed E-state index contributed by atoms with van der Waals surface area (Å²) in [6.07, 6.45) is 8.30. The number of nitro groups is 1. The van der Waals surface area contributed by atoms with E-state index in [1.54, 1.807) is 12.1 Å². The van der Waals surface area contributed by atoms with Gasteiger partial charge >= 0.3 is 0 Å².